The van der Waals surface area contributed by atoms with Crippen LogP contribution in [0.3, 0.4) is 0 Å². The average Bonchev–Trinajstić information content (AvgIpc) is 3.53. The Morgan fingerprint density at radius 1 is 1.14 bits per heavy atom. The molecule has 2 heterocycles. The predicted octanol–water partition coefficient (Wildman–Crippen LogP) is 4.44. The molecule has 0 unspecified atom stereocenters. The summed E-state index contributed by atoms with van der Waals surface area (Å²) in [6.07, 6.45) is 3.46. The summed E-state index contributed by atoms with van der Waals surface area (Å²) in [7, 11) is 1.21. The first-order chi connectivity index (χ1) is 20.2. The Balaban J connectivity index is 1.54. The Morgan fingerprint density at radius 3 is 2.67 bits per heavy atom. The number of rotatable bonds is 12. The Labute approximate surface area is 240 Å². The Kier molecular flexibility index (Phi) is 9.38. The summed E-state index contributed by atoms with van der Waals surface area (Å²) in [6, 6.07) is 11.0. The number of imide groups is 1. The number of urea groups is 1. The molecule has 218 valence electrons. The highest BCUT2D eigenvalue weighted by molar-refractivity contribution is 6.13. The second-order valence-electron chi connectivity index (χ2n) is 8.92. The Bertz CT molecular complexity index is 1560. The molecule has 1 aromatic heterocycles. The monoisotopic (exact) mass is 577 g/mol. The van der Waals surface area contributed by atoms with Crippen molar-refractivity contribution >= 4 is 35.6 Å². The molecular formula is C30H28FN3O8. The standard InChI is InChI=1S/C30H28FN3O8/c1-4-7-19-12-18(13-23-28(36)34(30(38)33-23)16-22-10-11-24(42-22)29(37)39-3)14-25(40-5-2)27(19)41-17-26(35)32-21-9-6-8-20(31)15-21/h4,6,8-15H,1,5,7,16-17H2,2-3H3,(H,32,35)(H,33,38)/b23-13-. The Morgan fingerprint density at radius 2 is 1.95 bits per heavy atom. The molecule has 1 fully saturated rings. The van der Waals surface area contributed by atoms with Gasteiger partial charge in [-0.2, -0.15) is 0 Å². The van der Waals surface area contributed by atoms with E-state index in [0.717, 1.165) is 4.90 Å². The molecule has 0 spiro atoms. The van der Waals surface area contributed by atoms with E-state index in [1.165, 1.54) is 43.5 Å². The summed E-state index contributed by atoms with van der Waals surface area (Å²) >= 11 is 0. The first-order valence-corrected chi connectivity index (χ1v) is 12.8. The number of esters is 1. The normalized spacial score (nSPS) is 13.6. The van der Waals surface area contributed by atoms with E-state index in [1.807, 2.05) is 0 Å². The van der Waals surface area contributed by atoms with Gasteiger partial charge in [-0.3, -0.25) is 14.5 Å². The van der Waals surface area contributed by atoms with E-state index in [4.69, 9.17) is 13.9 Å². The van der Waals surface area contributed by atoms with Gasteiger partial charge in [0, 0.05) is 11.3 Å². The number of methoxy groups -OCH3 is 1. The van der Waals surface area contributed by atoms with E-state index in [1.54, 1.807) is 31.2 Å². The van der Waals surface area contributed by atoms with Gasteiger partial charge in [-0.15, -0.1) is 6.58 Å². The van der Waals surface area contributed by atoms with Gasteiger partial charge >= 0.3 is 12.0 Å². The molecule has 3 aromatic rings. The molecule has 4 rings (SSSR count). The fourth-order valence-electron chi connectivity index (χ4n) is 4.11. The maximum Gasteiger partial charge on any atom is 0.373 e. The quantitative estimate of drug-likeness (QED) is 0.140. The molecule has 0 saturated carbocycles. The van der Waals surface area contributed by atoms with Crippen LogP contribution in [0.1, 0.15) is 34.4 Å². The zero-order chi connectivity index (χ0) is 30.2. The average molecular weight is 578 g/mol. The van der Waals surface area contributed by atoms with Gasteiger partial charge < -0.3 is 29.3 Å². The minimum atomic E-state index is -0.681. The number of nitrogens with zero attached hydrogens (tertiary/aromatic N) is 1. The lowest BCUT2D eigenvalue weighted by molar-refractivity contribution is -0.123. The molecule has 2 N–H and O–H groups in total. The summed E-state index contributed by atoms with van der Waals surface area (Å²) in [6.45, 7) is 5.25. The molecule has 0 bridgehead atoms. The van der Waals surface area contributed by atoms with Gasteiger partial charge in [0.1, 0.15) is 17.3 Å². The van der Waals surface area contributed by atoms with E-state index in [-0.39, 0.29) is 42.7 Å². The van der Waals surface area contributed by atoms with E-state index in [0.29, 0.717) is 29.0 Å². The fraction of sp³-hybridized carbons (Fsp3) is 0.200. The van der Waals surface area contributed by atoms with Crippen LogP contribution in [0.5, 0.6) is 11.5 Å². The molecule has 0 radical (unpaired) electrons. The third kappa shape index (κ3) is 7.02. The lowest BCUT2D eigenvalue weighted by atomic mass is 10.0. The van der Waals surface area contributed by atoms with Crippen molar-refractivity contribution in [2.24, 2.45) is 0 Å². The smallest absolute Gasteiger partial charge is 0.373 e. The van der Waals surface area contributed by atoms with Crippen LogP contribution in [0.25, 0.3) is 6.08 Å². The molecule has 12 heteroatoms. The lowest BCUT2D eigenvalue weighted by Crippen LogP contribution is -2.30. The molecule has 2 aromatic carbocycles. The van der Waals surface area contributed by atoms with Gasteiger partial charge in [0.15, 0.2) is 18.1 Å². The van der Waals surface area contributed by atoms with Crippen LogP contribution in [0.15, 0.2) is 71.3 Å². The van der Waals surface area contributed by atoms with Gasteiger partial charge in [0.25, 0.3) is 11.8 Å². The highest BCUT2D eigenvalue weighted by Crippen LogP contribution is 2.35. The van der Waals surface area contributed by atoms with Crippen LogP contribution < -0.4 is 20.1 Å². The van der Waals surface area contributed by atoms with Crippen molar-refractivity contribution in [2.75, 3.05) is 25.6 Å². The largest absolute Gasteiger partial charge is 0.490 e. The molecular weight excluding hydrogens is 549 g/mol. The van der Waals surface area contributed by atoms with Gasteiger partial charge in [0.05, 0.1) is 20.3 Å². The van der Waals surface area contributed by atoms with Gasteiger partial charge in [-0.25, -0.2) is 14.0 Å². The van der Waals surface area contributed by atoms with Crippen molar-refractivity contribution in [1.82, 2.24) is 10.2 Å². The van der Waals surface area contributed by atoms with Crippen molar-refractivity contribution in [1.29, 1.82) is 0 Å². The molecule has 1 aliphatic heterocycles. The number of ether oxygens (including phenoxy) is 3. The molecule has 42 heavy (non-hydrogen) atoms. The van der Waals surface area contributed by atoms with Crippen molar-refractivity contribution in [3.63, 3.8) is 0 Å². The number of anilines is 1. The van der Waals surface area contributed by atoms with Crippen LogP contribution in [0, 0.1) is 5.82 Å². The van der Waals surface area contributed by atoms with E-state index >= 15 is 0 Å². The molecule has 11 nitrogen and oxygen atoms in total. The van der Waals surface area contributed by atoms with E-state index < -0.39 is 29.6 Å². The number of hydrogen-bond acceptors (Lipinski definition) is 8. The van der Waals surface area contributed by atoms with Gasteiger partial charge in [-0.1, -0.05) is 12.1 Å². The summed E-state index contributed by atoms with van der Waals surface area (Å²) in [4.78, 5) is 50.7. The highest BCUT2D eigenvalue weighted by atomic mass is 19.1. The number of benzene rings is 2. The van der Waals surface area contributed by atoms with Crippen LogP contribution in [0.2, 0.25) is 0 Å². The number of carbonyl (C=O) groups is 4. The molecule has 0 atom stereocenters. The van der Waals surface area contributed by atoms with E-state index in [2.05, 4.69) is 21.9 Å². The Hall–Kier alpha value is -5.39. The summed E-state index contributed by atoms with van der Waals surface area (Å²) < 4.78 is 35.0. The van der Waals surface area contributed by atoms with Crippen molar-refractivity contribution in [3.05, 3.63) is 95.3 Å². The number of furan rings is 1. The predicted molar refractivity (Wildman–Crippen MR) is 149 cm³/mol. The number of nitrogens with one attached hydrogen (secondary N) is 2. The van der Waals surface area contributed by atoms with E-state index in [9.17, 15) is 23.6 Å². The summed E-state index contributed by atoms with van der Waals surface area (Å²) in [5.41, 5.74) is 1.43. The van der Waals surface area contributed by atoms with Crippen molar-refractivity contribution in [2.45, 2.75) is 19.9 Å². The minimum absolute atomic E-state index is 0.00916. The van der Waals surface area contributed by atoms with Crippen LogP contribution >= 0.6 is 0 Å². The fourth-order valence-corrected chi connectivity index (χ4v) is 4.11. The highest BCUT2D eigenvalue weighted by Gasteiger charge is 2.34. The SMILES string of the molecule is C=CCc1cc(/C=C2\NC(=O)N(Cc3ccc(C(=O)OC)o3)C2=O)cc(OCC)c1OCC(=O)Nc1cccc(F)c1. The third-order valence-corrected chi connectivity index (χ3v) is 5.91. The molecule has 0 aliphatic carbocycles. The van der Waals surface area contributed by atoms with Gasteiger partial charge in [-0.05, 0) is 67.4 Å². The number of amides is 4. The van der Waals surface area contributed by atoms with Crippen LogP contribution in [0.4, 0.5) is 14.9 Å². The maximum atomic E-state index is 13.5. The zero-order valence-corrected chi connectivity index (χ0v) is 22.9. The molecule has 4 amide bonds. The maximum absolute atomic E-state index is 13.5. The third-order valence-electron chi connectivity index (χ3n) is 5.91. The number of halogens is 1. The molecule has 1 aliphatic rings. The summed E-state index contributed by atoms with van der Waals surface area (Å²) in [5, 5.41) is 5.11. The molecule has 1 saturated heterocycles. The number of carbonyl (C=O) groups excluding carboxylic acids is 4. The number of allylic oxidation sites excluding steroid dienone is 1. The number of hydrogen-bond donors (Lipinski definition) is 2. The second-order valence-corrected chi connectivity index (χ2v) is 8.92. The zero-order valence-electron chi connectivity index (χ0n) is 22.9. The van der Waals surface area contributed by atoms with Crippen molar-refractivity contribution < 1.29 is 42.2 Å². The van der Waals surface area contributed by atoms with Gasteiger partial charge in [0.2, 0.25) is 5.76 Å². The first-order valence-electron chi connectivity index (χ1n) is 12.8. The van der Waals surface area contributed by atoms with Crippen LogP contribution in [-0.2, 0) is 27.3 Å². The van der Waals surface area contributed by atoms with Crippen molar-refractivity contribution in [3.8, 4) is 11.5 Å². The topological polar surface area (TPSA) is 136 Å². The lowest BCUT2D eigenvalue weighted by Gasteiger charge is -2.17. The minimum Gasteiger partial charge on any atom is -0.490 e. The first kappa shape index (κ1) is 29.6. The van der Waals surface area contributed by atoms with Crippen LogP contribution in [-0.4, -0.2) is 49.0 Å². The second kappa shape index (κ2) is 13.3. The summed E-state index contributed by atoms with van der Waals surface area (Å²) in [5.74, 6) is -1.50.